The van der Waals surface area contributed by atoms with Gasteiger partial charge >= 0.3 is 13.8 Å². The number of aliphatic hydroxyl groups excluding tert-OH is 5. The van der Waals surface area contributed by atoms with Crippen molar-refractivity contribution in [3.8, 4) is 0 Å². The predicted molar refractivity (Wildman–Crippen MR) is 249 cm³/mol. The minimum atomic E-state index is -5.03. The van der Waals surface area contributed by atoms with Gasteiger partial charge in [0.1, 0.15) is 42.7 Å². The molecule has 1 aliphatic carbocycles. The van der Waals surface area contributed by atoms with Crippen LogP contribution in [0.5, 0.6) is 0 Å². The Morgan fingerprint density at radius 1 is 0.516 bits per heavy atom. The fraction of sp³-hybridized carbons (Fsp3) is 0.816. The maximum Gasteiger partial charge on any atom is 0.472 e. The number of carbonyl (C=O) groups is 1. The predicted octanol–water partition coefficient (Wildman–Crippen LogP) is 10.4. The first-order valence-corrected chi connectivity index (χ1v) is 26.0. The summed E-state index contributed by atoms with van der Waals surface area (Å²) in [7, 11) is -5.03. The standard InChI is InChI=1S/C49H89O12P/c1-3-5-7-9-11-13-15-17-19-21-22-24-26-28-30-32-34-36-38-43(50)60-42(41-59-62(56,57)61-49-47(54)45(52)44(51)46(53)48(49)55)40-58-39-37-35-33-31-29-27-25-23-20-18-16-14-12-10-8-6-4-2/h13-16,19-21,23,42,44-49,51-55H,3-12,17-18,22,24-41H2,1-2H3,(H,56,57)/b15-13-,16-14-,21-19-,23-20-. The van der Waals surface area contributed by atoms with E-state index in [1.165, 1.54) is 83.5 Å². The third kappa shape index (κ3) is 31.2. The summed E-state index contributed by atoms with van der Waals surface area (Å²) in [4.78, 5) is 23.2. The fourth-order valence-electron chi connectivity index (χ4n) is 7.24. The SMILES string of the molecule is CCCCCC/C=C\C/C=C\CCCCCCCCCC(=O)OC(COCCCCCCCC/C=C\C/C=C\CCCCCC)COP(=O)(O)OC1C(O)C(O)C(O)C(O)C1O. The van der Waals surface area contributed by atoms with E-state index in [2.05, 4.69) is 62.5 Å². The third-order valence-electron chi connectivity index (χ3n) is 11.2. The monoisotopic (exact) mass is 901 g/mol. The molecule has 0 aromatic carbocycles. The van der Waals surface area contributed by atoms with Crippen LogP contribution in [0.15, 0.2) is 48.6 Å². The molecule has 0 saturated heterocycles. The first-order chi connectivity index (χ1) is 30.0. The Hall–Kier alpha value is -1.70. The number of phosphoric acid groups is 1. The van der Waals surface area contributed by atoms with Gasteiger partial charge in [-0.15, -0.1) is 0 Å². The van der Waals surface area contributed by atoms with Gasteiger partial charge in [-0.05, 0) is 77.0 Å². The van der Waals surface area contributed by atoms with Crippen LogP contribution in [0, 0.1) is 0 Å². The second kappa shape index (κ2) is 39.6. The molecule has 6 unspecified atom stereocenters. The second-order valence-corrected chi connectivity index (χ2v) is 18.4. The lowest BCUT2D eigenvalue weighted by Gasteiger charge is -2.41. The van der Waals surface area contributed by atoms with Crippen LogP contribution in [0.1, 0.15) is 194 Å². The van der Waals surface area contributed by atoms with Gasteiger partial charge in [0.2, 0.25) is 0 Å². The van der Waals surface area contributed by atoms with Crippen molar-refractivity contribution < 1.29 is 58.3 Å². The van der Waals surface area contributed by atoms with E-state index in [1.54, 1.807) is 0 Å². The van der Waals surface area contributed by atoms with Crippen LogP contribution in [-0.2, 0) is 27.9 Å². The van der Waals surface area contributed by atoms with Crippen molar-refractivity contribution in [3.05, 3.63) is 48.6 Å². The van der Waals surface area contributed by atoms with Crippen LogP contribution in [0.2, 0.25) is 0 Å². The van der Waals surface area contributed by atoms with Crippen molar-refractivity contribution in [1.29, 1.82) is 0 Å². The summed E-state index contributed by atoms with van der Waals surface area (Å²) in [6, 6.07) is 0. The topological polar surface area (TPSA) is 192 Å². The second-order valence-electron chi connectivity index (χ2n) is 17.0. The molecule has 0 spiro atoms. The number of phosphoric ester groups is 1. The Balaban J connectivity index is 2.39. The summed E-state index contributed by atoms with van der Waals surface area (Å²) < 4.78 is 34.2. The largest absolute Gasteiger partial charge is 0.472 e. The molecule has 362 valence electrons. The number of ether oxygens (including phenoxy) is 2. The van der Waals surface area contributed by atoms with E-state index in [1.807, 2.05) is 0 Å². The fourth-order valence-corrected chi connectivity index (χ4v) is 8.21. The molecule has 0 bridgehead atoms. The van der Waals surface area contributed by atoms with Gasteiger partial charge in [0, 0.05) is 13.0 Å². The van der Waals surface area contributed by atoms with Gasteiger partial charge in [-0.25, -0.2) is 4.57 Å². The summed E-state index contributed by atoms with van der Waals surface area (Å²) in [5.74, 6) is -0.489. The molecule has 0 aromatic rings. The lowest BCUT2D eigenvalue weighted by molar-refractivity contribution is -0.220. The number of unbranched alkanes of at least 4 members (excludes halogenated alkanes) is 21. The van der Waals surface area contributed by atoms with Gasteiger partial charge < -0.3 is 39.9 Å². The average molecular weight is 901 g/mol. The molecule has 0 aliphatic heterocycles. The number of aliphatic hydroxyl groups is 5. The van der Waals surface area contributed by atoms with E-state index in [-0.39, 0.29) is 13.0 Å². The number of carbonyl (C=O) groups excluding carboxylic acids is 1. The van der Waals surface area contributed by atoms with Gasteiger partial charge in [0.05, 0.1) is 13.2 Å². The number of rotatable bonds is 41. The third-order valence-corrected chi connectivity index (χ3v) is 12.2. The van der Waals surface area contributed by atoms with E-state index in [9.17, 15) is 39.8 Å². The molecule has 0 heterocycles. The number of hydrogen-bond donors (Lipinski definition) is 6. The minimum absolute atomic E-state index is 0.0879. The van der Waals surface area contributed by atoms with Crippen LogP contribution in [0.25, 0.3) is 0 Å². The van der Waals surface area contributed by atoms with Crippen molar-refractivity contribution >= 4 is 13.8 Å². The van der Waals surface area contributed by atoms with Crippen LogP contribution < -0.4 is 0 Å². The highest BCUT2D eigenvalue weighted by Gasteiger charge is 2.51. The number of hydrogen-bond acceptors (Lipinski definition) is 11. The van der Waals surface area contributed by atoms with Crippen molar-refractivity contribution in [2.24, 2.45) is 0 Å². The Kier molecular flexibility index (Phi) is 37.3. The molecule has 1 saturated carbocycles. The first-order valence-electron chi connectivity index (χ1n) is 24.5. The van der Waals surface area contributed by atoms with Gasteiger partial charge in [0.15, 0.2) is 0 Å². The van der Waals surface area contributed by atoms with Crippen LogP contribution >= 0.6 is 7.82 Å². The molecular formula is C49H89O12P. The highest BCUT2D eigenvalue weighted by Crippen LogP contribution is 2.47. The molecule has 1 rings (SSSR count). The smallest absolute Gasteiger partial charge is 0.457 e. The van der Waals surface area contributed by atoms with Crippen LogP contribution in [0.4, 0.5) is 0 Å². The molecule has 0 amide bonds. The zero-order valence-electron chi connectivity index (χ0n) is 38.7. The molecule has 0 aromatic heterocycles. The highest BCUT2D eigenvalue weighted by atomic mass is 31.2. The van der Waals surface area contributed by atoms with E-state index in [4.69, 9.17) is 18.5 Å². The molecule has 6 N–H and O–H groups in total. The summed E-state index contributed by atoms with van der Waals surface area (Å²) >= 11 is 0. The normalized spacial score (nSPS) is 22.4. The molecular weight excluding hydrogens is 812 g/mol. The molecule has 1 fully saturated rings. The average Bonchev–Trinajstić information content (AvgIpc) is 3.26. The van der Waals surface area contributed by atoms with E-state index in [0.29, 0.717) is 13.0 Å². The minimum Gasteiger partial charge on any atom is -0.457 e. The Bertz CT molecular complexity index is 1210. The Morgan fingerprint density at radius 3 is 1.35 bits per heavy atom. The lowest BCUT2D eigenvalue weighted by Crippen LogP contribution is -2.64. The van der Waals surface area contributed by atoms with Gasteiger partial charge in [-0.3, -0.25) is 13.8 Å². The number of allylic oxidation sites excluding steroid dienone is 8. The molecule has 0 radical (unpaired) electrons. The molecule has 13 heteroatoms. The maximum absolute atomic E-state index is 12.8. The van der Waals surface area contributed by atoms with Crippen LogP contribution in [0.3, 0.4) is 0 Å². The van der Waals surface area contributed by atoms with Gasteiger partial charge in [0.25, 0.3) is 0 Å². The van der Waals surface area contributed by atoms with Crippen molar-refractivity contribution in [2.75, 3.05) is 19.8 Å². The summed E-state index contributed by atoms with van der Waals surface area (Å²) in [6.07, 6.45) is 36.0. The number of esters is 1. The maximum atomic E-state index is 12.8. The molecule has 62 heavy (non-hydrogen) atoms. The Morgan fingerprint density at radius 2 is 0.903 bits per heavy atom. The van der Waals surface area contributed by atoms with Crippen molar-refractivity contribution in [3.63, 3.8) is 0 Å². The summed E-state index contributed by atoms with van der Waals surface area (Å²) in [6.45, 7) is 4.20. The highest BCUT2D eigenvalue weighted by molar-refractivity contribution is 7.47. The van der Waals surface area contributed by atoms with Crippen molar-refractivity contribution in [1.82, 2.24) is 0 Å². The summed E-state index contributed by atoms with van der Waals surface area (Å²) in [5.41, 5.74) is 0. The first kappa shape index (κ1) is 58.3. The Labute approximate surface area is 375 Å². The van der Waals surface area contributed by atoms with Crippen molar-refractivity contribution in [2.45, 2.75) is 236 Å². The van der Waals surface area contributed by atoms with Gasteiger partial charge in [-0.1, -0.05) is 159 Å². The van der Waals surface area contributed by atoms with E-state index in [0.717, 1.165) is 83.5 Å². The van der Waals surface area contributed by atoms with Gasteiger partial charge in [-0.2, -0.15) is 0 Å². The van der Waals surface area contributed by atoms with Crippen LogP contribution in [-0.4, -0.2) is 98.9 Å². The van der Waals surface area contributed by atoms with E-state index >= 15 is 0 Å². The lowest BCUT2D eigenvalue weighted by atomic mass is 9.85. The summed E-state index contributed by atoms with van der Waals surface area (Å²) in [5, 5.41) is 50.2. The zero-order valence-corrected chi connectivity index (χ0v) is 39.6. The molecule has 1 aliphatic rings. The van der Waals surface area contributed by atoms with E-state index < -0.39 is 63.1 Å². The molecule has 12 nitrogen and oxygen atoms in total. The zero-order chi connectivity index (χ0) is 45.5. The quantitative estimate of drug-likeness (QED) is 0.0147. The molecule has 6 atom stereocenters.